The summed E-state index contributed by atoms with van der Waals surface area (Å²) in [6.07, 6.45) is -0.787. The van der Waals surface area contributed by atoms with Crippen molar-refractivity contribution in [3.63, 3.8) is 0 Å². The Morgan fingerprint density at radius 3 is 2.78 bits per heavy atom. The highest BCUT2D eigenvalue weighted by atomic mass is 16.4. The molecule has 1 aromatic heterocycles. The number of hydrogen-bond acceptors (Lipinski definition) is 5. The minimum absolute atomic E-state index is 0.00550. The molecule has 0 unspecified atom stereocenters. The third kappa shape index (κ3) is 2.22. The zero-order valence-corrected chi connectivity index (χ0v) is 9.57. The van der Waals surface area contributed by atoms with E-state index in [4.69, 9.17) is 15.3 Å². The highest BCUT2D eigenvalue weighted by Gasteiger charge is 2.40. The van der Waals surface area contributed by atoms with Gasteiger partial charge in [0.15, 0.2) is 5.76 Å². The largest absolute Gasteiger partial charge is 0.480 e. The highest BCUT2D eigenvalue weighted by Crippen LogP contribution is 2.21. The zero-order chi connectivity index (χ0) is 13.3. The maximum atomic E-state index is 12.1. The lowest BCUT2D eigenvalue weighted by atomic mass is 10.2. The van der Waals surface area contributed by atoms with Crippen molar-refractivity contribution in [3.05, 3.63) is 23.7 Å². The first kappa shape index (κ1) is 12.6. The number of hydrogen-bond donors (Lipinski definition) is 3. The van der Waals surface area contributed by atoms with Gasteiger partial charge in [0.25, 0.3) is 5.91 Å². The SMILES string of the molecule is NCc1ccc(C(=O)N2C[C@H](O)C[C@@H]2C(=O)O)o1. The summed E-state index contributed by atoms with van der Waals surface area (Å²) in [6, 6.07) is 2.00. The molecule has 1 aliphatic rings. The van der Waals surface area contributed by atoms with Crippen molar-refractivity contribution in [3.8, 4) is 0 Å². The van der Waals surface area contributed by atoms with Gasteiger partial charge in [-0.25, -0.2) is 4.79 Å². The number of aliphatic carboxylic acids is 1. The van der Waals surface area contributed by atoms with Gasteiger partial charge in [-0.15, -0.1) is 0 Å². The van der Waals surface area contributed by atoms with Crippen LogP contribution in [0.4, 0.5) is 0 Å². The van der Waals surface area contributed by atoms with E-state index in [1.165, 1.54) is 6.07 Å². The van der Waals surface area contributed by atoms with Gasteiger partial charge in [0.05, 0.1) is 12.6 Å². The number of aliphatic hydroxyl groups is 1. The lowest BCUT2D eigenvalue weighted by Gasteiger charge is -2.19. The summed E-state index contributed by atoms with van der Waals surface area (Å²) < 4.78 is 5.18. The molecule has 0 spiro atoms. The lowest BCUT2D eigenvalue weighted by Crippen LogP contribution is -2.40. The quantitative estimate of drug-likeness (QED) is 0.663. The molecule has 1 aliphatic heterocycles. The van der Waals surface area contributed by atoms with Crippen molar-refractivity contribution in [2.45, 2.75) is 25.1 Å². The van der Waals surface area contributed by atoms with Crippen LogP contribution in [0, 0.1) is 0 Å². The molecule has 98 valence electrons. The van der Waals surface area contributed by atoms with Crippen LogP contribution in [0.25, 0.3) is 0 Å². The van der Waals surface area contributed by atoms with Crippen molar-refractivity contribution in [2.75, 3.05) is 6.54 Å². The van der Waals surface area contributed by atoms with E-state index in [1.54, 1.807) is 6.07 Å². The van der Waals surface area contributed by atoms with Crippen LogP contribution in [0.3, 0.4) is 0 Å². The molecule has 1 aromatic rings. The third-order valence-electron chi connectivity index (χ3n) is 2.90. The van der Waals surface area contributed by atoms with Gasteiger partial charge in [0, 0.05) is 13.0 Å². The first-order valence-corrected chi connectivity index (χ1v) is 5.53. The molecule has 0 aliphatic carbocycles. The minimum atomic E-state index is -1.13. The van der Waals surface area contributed by atoms with Gasteiger partial charge in [-0.05, 0) is 12.1 Å². The molecule has 0 aromatic carbocycles. The fourth-order valence-electron chi connectivity index (χ4n) is 2.02. The van der Waals surface area contributed by atoms with Crippen LogP contribution >= 0.6 is 0 Å². The molecule has 2 rings (SSSR count). The average molecular weight is 254 g/mol. The van der Waals surface area contributed by atoms with Gasteiger partial charge in [-0.2, -0.15) is 0 Å². The number of nitrogens with two attached hydrogens (primary N) is 1. The number of carbonyl (C=O) groups excluding carboxylic acids is 1. The number of rotatable bonds is 3. The highest BCUT2D eigenvalue weighted by molar-refractivity contribution is 5.94. The summed E-state index contributed by atoms with van der Waals surface area (Å²) in [5, 5.41) is 18.5. The van der Waals surface area contributed by atoms with E-state index in [1.807, 2.05) is 0 Å². The standard InChI is InChI=1S/C11H14N2O5/c12-4-7-1-2-9(18-7)10(15)13-5-6(14)3-8(13)11(16)17/h1-2,6,8,14H,3-5,12H2,(H,16,17)/t6-,8-/m1/s1. The van der Waals surface area contributed by atoms with Gasteiger partial charge in [-0.1, -0.05) is 0 Å². The second kappa shape index (κ2) is 4.79. The van der Waals surface area contributed by atoms with Crippen molar-refractivity contribution >= 4 is 11.9 Å². The molecule has 7 heteroatoms. The monoisotopic (exact) mass is 254 g/mol. The molecule has 2 atom stereocenters. The smallest absolute Gasteiger partial charge is 0.326 e. The average Bonchev–Trinajstić information content (AvgIpc) is 2.94. The number of carboxylic acids is 1. The molecule has 18 heavy (non-hydrogen) atoms. The van der Waals surface area contributed by atoms with E-state index < -0.39 is 24.0 Å². The fraction of sp³-hybridized carbons (Fsp3) is 0.455. The molecule has 0 radical (unpaired) electrons. The number of nitrogens with zero attached hydrogens (tertiary/aromatic N) is 1. The Balaban J connectivity index is 2.19. The van der Waals surface area contributed by atoms with Crippen LogP contribution < -0.4 is 5.73 Å². The van der Waals surface area contributed by atoms with Gasteiger partial charge < -0.3 is 25.3 Å². The first-order valence-electron chi connectivity index (χ1n) is 5.53. The fourth-order valence-corrected chi connectivity index (χ4v) is 2.02. The number of amides is 1. The summed E-state index contributed by atoms with van der Waals surface area (Å²) in [5.41, 5.74) is 5.36. The van der Waals surface area contributed by atoms with Crippen LogP contribution in [-0.4, -0.2) is 45.7 Å². The van der Waals surface area contributed by atoms with Gasteiger partial charge in [0.2, 0.25) is 0 Å². The van der Waals surface area contributed by atoms with E-state index in [0.29, 0.717) is 5.76 Å². The van der Waals surface area contributed by atoms with E-state index in [9.17, 15) is 14.7 Å². The molecule has 4 N–H and O–H groups in total. The Labute approximate surface area is 103 Å². The maximum Gasteiger partial charge on any atom is 0.326 e. The Morgan fingerprint density at radius 1 is 1.50 bits per heavy atom. The lowest BCUT2D eigenvalue weighted by molar-refractivity contribution is -0.141. The van der Waals surface area contributed by atoms with Gasteiger partial charge >= 0.3 is 5.97 Å². The summed E-state index contributed by atoms with van der Waals surface area (Å²) in [6.45, 7) is 0.159. The molecular formula is C11H14N2O5. The molecule has 1 fully saturated rings. The summed E-state index contributed by atoms with van der Waals surface area (Å²) in [5.74, 6) is -1.19. The molecule has 1 amide bonds. The van der Waals surface area contributed by atoms with Crippen molar-refractivity contribution in [2.24, 2.45) is 5.73 Å². The van der Waals surface area contributed by atoms with Crippen LogP contribution in [0.1, 0.15) is 22.7 Å². The molecule has 0 saturated carbocycles. The normalized spacial score (nSPS) is 23.3. The summed E-state index contributed by atoms with van der Waals surface area (Å²) in [7, 11) is 0. The Kier molecular flexibility index (Phi) is 3.35. The molecule has 2 heterocycles. The second-order valence-corrected chi connectivity index (χ2v) is 4.17. The van der Waals surface area contributed by atoms with E-state index in [2.05, 4.69) is 0 Å². The number of carbonyl (C=O) groups is 2. The third-order valence-corrected chi connectivity index (χ3v) is 2.90. The zero-order valence-electron chi connectivity index (χ0n) is 9.57. The number of β-amino-alcohol motifs (C(OH)–C–C–N with tert-alkyl or cyclic N) is 1. The van der Waals surface area contributed by atoms with Crippen LogP contribution in [0.2, 0.25) is 0 Å². The van der Waals surface area contributed by atoms with Crippen molar-refractivity contribution in [1.82, 2.24) is 4.90 Å². The maximum absolute atomic E-state index is 12.1. The van der Waals surface area contributed by atoms with Crippen molar-refractivity contribution < 1.29 is 24.2 Å². The van der Waals surface area contributed by atoms with Crippen LogP contribution in [0.5, 0.6) is 0 Å². The van der Waals surface area contributed by atoms with Gasteiger partial charge in [-0.3, -0.25) is 4.79 Å². The summed E-state index contributed by atoms with van der Waals surface area (Å²) in [4.78, 5) is 24.2. The molecule has 0 bridgehead atoms. The Hall–Kier alpha value is -1.86. The van der Waals surface area contributed by atoms with Crippen LogP contribution in [0.15, 0.2) is 16.5 Å². The second-order valence-electron chi connectivity index (χ2n) is 4.17. The predicted molar refractivity (Wildman–Crippen MR) is 59.7 cm³/mol. The molecule has 7 nitrogen and oxygen atoms in total. The number of carboxylic acid groups (broad SMARTS) is 1. The first-order chi connectivity index (χ1) is 8.52. The van der Waals surface area contributed by atoms with Crippen LogP contribution in [-0.2, 0) is 11.3 Å². The van der Waals surface area contributed by atoms with E-state index >= 15 is 0 Å². The Bertz CT molecular complexity index is 470. The van der Waals surface area contributed by atoms with E-state index in [0.717, 1.165) is 4.90 Å². The minimum Gasteiger partial charge on any atom is -0.480 e. The number of aliphatic hydroxyl groups excluding tert-OH is 1. The molecular weight excluding hydrogens is 240 g/mol. The number of furan rings is 1. The predicted octanol–water partition coefficient (Wildman–Crippen LogP) is -0.602. The molecule has 1 saturated heterocycles. The van der Waals surface area contributed by atoms with Gasteiger partial charge in [0.1, 0.15) is 11.8 Å². The van der Waals surface area contributed by atoms with Crippen molar-refractivity contribution in [1.29, 1.82) is 0 Å². The topological polar surface area (TPSA) is 117 Å². The van der Waals surface area contributed by atoms with E-state index in [-0.39, 0.29) is 25.3 Å². The Morgan fingerprint density at radius 2 is 2.22 bits per heavy atom. The summed E-state index contributed by atoms with van der Waals surface area (Å²) >= 11 is 0. The number of likely N-dealkylation sites (tertiary alicyclic amines) is 1.